The Hall–Kier alpha value is -1.74. The van der Waals surface area contributed by atoms with Gasteiger partial charge in [-0.1, -0.05) is 42.5 Å². The van der Waals surface area contributed by atoms with E-state index in [1.54, 1.807) is 11.8 Å². The summed E-state index contributed by atoms with van der Waals surface area (Å²) in [5.41, 5.74) is 2.67. The van der Waals surface area contributed by atoms with E-state index in [4.69, 9.17) is 0 Å². The average Bonchev–Trinajstić information content (AvgIpc) is 2.54. The molecule has 2 nitrogen and oxygen atoms in total. The van der Waals surface area contributed by atoms with E-state index >= 15 is 0 Å². The van der Waals surface area contributed by atoms with Gasteiger partial charge in [-0.15, -0.1) is 11.8 Å². The van der Waals surface area contributed by atoms with Gasteiger partial charge in [-0.05, 0) is 42.5 Å². The summed E-state index contributed by atoms with van der Waals surface area (Å²) in [4.78, 5) is 13.3. The van der Waals surface area contributed by atoms with Gasteiger partial charge in [0.2, 0.25) is 5.91 Å². The highest BCUT2D eigenvalue weighted by Crippen LogP contribution is 2.29. The van der Waals surface area contributed by atoms with Crippen LogP contribution in [0.4, 0.5) is 0 Å². The smallest absolute Gasteiger partial charge is 0.230 e. The molecule has 2 aromatic carbocycles. The van der Waals surface area contributed by atoms with Crippen molar-refractivity contribution in [3.63, 3.8) is 0 Å². The van der Waals surface area contributed by atoms with Crippen LogP contribution in [-0.4, -0.2) is 11.7 Å². The van der Waals surface area contributed by atoms with Crippen LogP contribution in [0.3, 0.4) is 0 Å². The van der Waals surface area contributed by atoms with Gasteiger partial charge in [0, 0.05) is 4.90 Å². The molecule has 2 aromatic rings. The molecule has 0 radical (unpaired) electrons. The van der Waals surface area contributed by atoms with Crippen molar-refractivity contribution in [3.05, 3.63) is 65.7 Å². The number of carbonyl (C=O) groups is 1. The molecule has 0 aliphatic heterocycles. The maximum atomic E-state index is 12.2. The molecule has 0 fully saturated rings. The van der Waals surface area contributed by atoms with Gasteiger partial charge in [-0.2, -0.15) is 0 Å². The zero-order valence-corrected chi connectivity index (χ0v) is 12.7. The van der Waals surface area contributed by atoms with Crippen LogP contribution in [0, 0.1) is 0 Å². The molecule has 1 N–H and O–H groups in total. The van der Waals surface area contributed by atoms with Gasteiger partial charge in [0.15, 0.2) is 0 Å². The molecule has 0 aromatic heterocycles. The molecular weight excluding hydrogens is 278 g/mol. The van der Waals surface area contributed by atoms with Crippen LogP contribution in [0.5, 0.6) is 0 Å². The predicted molar refractivity (Wildman–Crippen MR) is 87.4 cm³/mol. The third kappa shape index (κ3) is 3.67. The van der Waals surface area contributed by atoms with E-state index in [1.165, 1.54) is 11.1 Å². The summed E-state index contributed by atoms with van der Waals surface area (Å²) in [6.45, 7) is 0. The standard InChI is InChI=1S/C18H19NOS/c20-18(13-21-15-9-2-1-3-10-15)19-17-12-6-8-14-7-4-5-11-16(14)17/h1-5,7,9-11,17H,6,8,12-13H2,(H,19,20)/t17-/m1/s1. The predicted octanol–water partition coefficient (Wildman–Crippen LogP) is 3.97. The molecule has 0 unspecified atom stereocenters. The van der Waals surface area contributed by atoms with Gasteiger partial charge in [0.25, 0.3) is 0 Å². The lowest BCUT2D eigenvalue weighted by Gasteiger charge is -2.26. The fourth-order valence-electron chi connectivity index (χ4n) is 2.81. The lowest BCUT2D eigenvalue weighted by Crippen LogP contribution is -2.32. The number of benzene rings is 2. The summed E-state index contributed by atoms with van der Waals surface area (Å²) in [7, 11) is 0. The molecule has 0 heterocycles. The number of hydrogen-bond acceptors (Lipinski definition) is 2. The van der Waals surface area contributed by atoms with E-state index in [-0.39, 0.29) is 11.9 Å². The Morgan fingerprint density at radius 1 is 1.10 bits per heavy atom. The fourth-order valence-corrected chi connectivity index (χ4v) is 3.54. The van der Waals surface area contributed by atoms with Crippen molar-refractivity contribution in [2.24, 2.45) is 0 Å². The van der Waals surface area contributed by atoms with Crippen molar-refractivity contribution in [2.45, 2.75) is 30.2 Å². The molecule has 0 saturated carbocycles. The fraction of sp³-hybridized carbons (Fsp3) is 0.278. The summed E-state index contributed by atoms with van der Waals surface area (Å²) in [6.07, 6.45) is 3.31. The first-order valence-electron chi connectivity index (χ1n) is 7.38. The SMILES string of the molecule is O=C(CSc1ccccc1)N[C@@H]1CCCc2ccccc21. The first kappa shape index (κ1) is 14.2. The zero-order valence-electron chi connectivity index (χ0n) is 11.9. The van der Waals surface area contributed by atoms with Crippen LogP contribution in [0.15, 0.2) is 59.5 Å². The van der Waals surface area contributed by atoms with Crippen LogP contribution in [0.25, 0.3) is 0 Å². The number of rotatable bonds is 4. The van der Waals surface area contributed by atoms with Crippen LogP contribution >= 0.6 is 11.8 Å². The summed E-state index contributed by atoms with van der Waals surface area (Å²) >= 11 is 1.59. The number of fused-ring (bicyclic) bond motifs is 1. The Balaban J connectivity index is 1.58. The molecule has 21 heavy (non-hydrogen) atoms. The van der Waals surface area contributed by atoms with Crippen molar-refractivity contribution in [1.82, 2.24) is 5.32 Å². The van der Waals surface area contributed by atoms with Crippen molar-refractivity contribution in [2.75, 3.05) is 5.75 Å². The van der Waals surface area contributed by atoms with Crippen molar-refractivity contribution >= 4 is 17.7 Å². The largest absolute Gasteiger partial charge is 0.349 e. The molecule has 3 rings (SSSR count). The van der Waals surface area contributed by atoms with Gasteiger partial charge < -0.3 is 5.32 Å². The van der Waals surface area contributed by atoms with E-state index in [9.17, 15) is 4.79 Å². The van der Waals surface area contributed by atoms with Crippen LogP contribution in [-0.2, 0) is 11.2 Å². The second-order valence-electron chi connectivity index (χ2n) is 5.31. The molecule has 3 heteroatoms. The maximum Gasteiger partial charge on any atom is 0.230 e. The Morgan fingerprint density at radius 3 is 2.71 bits per heavy atom. The van der Waals surface area contributed by atoms with Crippen LogP contribution in [0.1, 0.15) is 30.0 Å². The highest BCUT2D eigenvalue weighted by atomic mass is 32.2. The molecule has 1 aliphatic rings. The van der Waals surface area contributed by atoms with Gasteiger partial charge in [-0.3, -0.25) is 4.79 Å². The number of aryl methyl sites for hydroxylation is 1. The molecule has 108 valence electrons. The first-order chi connectivity index (χ1) is 10.3. The molecule has 1 aliphatic carbocycles. The molecular formula is C18H19NOS. The second-order valence-corrected chi connectivity index (χ2v) is 6.36. The third-order valence-corrected chi connectivity index (χ3v) is 4.83. The lowest BCUT2D eigenvalue weighted by atomic mass is 9.88. The van der Waals surface area contributed by atoms with Gasteiger partial charge in [0.05, 0.1) is 11.8 Å². The van der Waals surface area contributed by atoms with Gasteiger partial charge >= 0.3 is 0 Å². The summed E-state index contributed by atoms with van der Waals surface area (Å²) in [5, 5.41) is 3.19. The topological polar surface area (TPSA) is 29.1 Å². The Kier molecular flexibility index (Phi) is 4.61. The number of nitrogens with one attached hydrogen (secondary N) is 1. The van der Waals surface area contributed by atoms with Crippen molar-refractivity contribution in [1.29, 1.82) is 0 Å². The van der Waals surface area contributed by atoms with E-state index in [1.807, 2.05) is 30.3 Å². The van der Waals surface area contributed by atoms with Crippen molar-refractivity contribution in [3.8, 4) is 0 Å². The highest BCUT2D eigenvalue weighted by molar-refractivity contribution is 8.00. The average molecular weight is 297 g/mol. The number of carbonyl (C=O) groups excluding carboxylic acids is 1. The molecule has 0 saturated heterocycles. The van der Waals surface area contributed by atoms with Gasteiger partial charge in [-0.25, -0.2) is 0 Å². The molecule has 0 bridgehead atoms. The second kappa shape index (κ2) is 6.81. The minimum absolute atomic E-state index is 0.116. The normalized spacial score (nSPS) is 17.0. The third-order valence-electron chi connectivity index (χ3n) is 3.82. The van der Waals surface area contributed by atoms with E-state index < -0.39 is 0 Å². The monoisotopic (exact) mass is 297 g/mol. The minimum Gasteiger partial charge on any atom is -0.349 e. The molecule has 1 amide bonds. The van der Waals surface area contributed by atoms with E-state index in [2.05, 4.69) is 29.6 Å². The van der Waals surface area contributed by atoms with Crippen molar-refractivity contribution < 1.29 is 4.79 Å². The number of amides is 1. The zero-order chi connectivity index (χ0) is 14.5. The Labute approximate surface area is 130 Å². The van der Waals surface area contributed by atoms with E-state index in [0.717, 1.165) is 24.2 Å². The summed E-state index contributed by atoms with van der Waals surface area (Å²) in [5.74, 6) is 0.591. The summed E-state index contributed by atoms with van der Waals surface area (Å²) in [6, 6.07) is 18.7. The van der Waals surface area contributed by atoms with Crippen LogP contribution < -0.4 is 5.32 Å². The van der Waals surface area contributed by atoms with E-state index in [0.29, 0.717) is 5.75 Å². The minimum atomic E-state index is 0.116. The first-order valence-corrected chi connectivity index (χ1v) is 8.36. The molecule has 0 spiro atoms. The Bertz CT molecular complexity index is 612. The maximum absolute atomic E-state index is 12.2. The number of hydrogen-bond donors (Lipinski definition) is 1. The quantitative estimate of drug-likeness (QED) is 0.865. The number of thioether (sulfide) groups is 1. The highest BCUT2D eigenvalue weighted by Gasteiger charge is 2.21. The summed E-state index contributed by atoms with van der Waals surface area (Å²) < 4.78 is 0. The lowest BCUT2D eigenvalue weighted by molar-refractivity contribution is -0.119. The van der Waals surface area contributed by atoms with Gasteiger partial charge in [0.1, 0.15) is 0 Å². The van der Waals surface area contributed by atoms with Crippen LogP contribution in [0.2, 0.25) is 0 Å². The molecule has 1 atom stereocenters. The Morgan fingerprint density at radius 2 is 1.86 bits per heavy atom.